The van der Waals surface area contributed by atoms with Crippen LogP contribution in [0.2, 0.25) is 0 Å². The van der Waals surface area contributed by atoms with E-state index in [1.807, 2.05) is 0 Å². The molecule has 0 radical (unpaired) electrons. The van der Waals surface area contributed by atoms with Gasteiger partial charge in [-0.05, 0) is 0 Å². The molecule has 8 heteroatoms. The molecule has 0 atom stereocenters. The molecule has 0 aromatic carbocycles. The molecule has 0 spiro atoms. The van der Waals surface area contributed by atoms with Crippen molar-refractivity contribution < 1.29 is 28.2 Å². The molecular formula is C4H9NO6S. The van der Waals surface area contributed by atoms with Crippen LogP contribution in [0.15, 0.2) is 0 Å². The number of hydrogen-bond donors (Lipinski definition) is 3. The molecule has 0 aliphatic rings. The molecule has 7 nitrogen and oxygen atoms in total. The second-order valence-corrected chi connectivity index (χ2v) is 3.33. The van der Waals surface area contributed by atoms with Crippen LogP contribution in [0.4, 0.5) is 0 Å². The summed E-state index contributed by atoms with van der Waals surface area (Å²) in [4.78, 5) is 18.6. The lowest BCUT2D eigenvalue weighted by molar-refractivity contribution is -0.135. The first-order valence-corrected chi connectivity index (χ1v) is 4.28. The van der Waals surface area contributed by atoms with Gasteiger partial charge in [0.1, 0.15) is 0 Å². The van der Waals surface area contributed by atoms with Gasteiger partial charge < -0.3 is 10.2 Å². The molecule has 72 valence electrons. The Bertz CT molecular complexity index is 251. The normalized spacial score (nSPS) is 9.50. The van der Waals surface area contributed by atoms with Crippen molar-refractivity contribution in [2.45, 2.75) is 6.92 Å². The average molecular weight is 199 g/mol. The Morgan fingerprint density at radius 2 is 1.58 bits per heavy atom. The zero-order valence-corrected chi connectivity index (χ0v) is 7.04. The smallest absolute Gasteiger partial charge is 0.320 e. The van der Waals surface area contributed by atoms with Gasteiger partial charge in [0.05, 0.1) is 0 Å². The van der Waals surface area contributed by atoms with Gasteiger partial charge in [-0.3, -0.25) is 9.59 Å². The Hall–Kier alpha value is -1.15. The van der Waals surface area contributed by atoms with Crippen molar-refractivity contribution in [3.8, 4) is 0 Å². The minimum Gasteiger partial charge on any atom is -0.481 e. The van der Waals surface area contributed by atoms with Crippen LogP contribution in [0, 0.1) is 0 Å². The van der Waals surface area contributed by atoms with Gasteiger partial charge in [-0.1, -0.05) is 0 Å². The molecule has 0 aromatic heterocycles. The van der Waals surface area contributed by atoms with Crippen molar-refractivity contribution in [3.63, 3.8) is 0 Å². The first-order chi connectivity index (χ1) is 5.15. The van der Waals surface area contributed by atoms with Crippen molar-refractivity contribution in [2.75, 3.05) is 5.75 Å². The third-order valence-corrected chi connectivity index (χ3v) is 0.974. The number of aliphatic carboxylic acids is 2. The predicted octanol–water partition coefficient (Wildman–Crippen LogP) is -1.55. The van der Waals surface area contributed by atoms with E-state index in [0.717, 1.165) is 6.92 Å². The number of rotatable bonds is 2. The van der Waals surface area contributed by atoms with E-state index in [1.165, 1.54) is 0 Å². The van der Waals surface area contributed by atoms with Crippen LogP contribution >= 0.6 is 0 Å². The number of carboxylic acid groups (broad SMARTS) is 2. The van der Waals surface area contributed by atoms with E-state index >= 15 is 0 Å². The van der Waals surface area contributed by atoms with Crippen molar-refractivity contribution in [2.24, 2.45) is 5.14 Å². The van der Waals surface area contributed by atoms with Gasteiger partial charge in [-0.25, -0.2) is 13.6 Å². The second-order valence-electron chi connectivity index (χ2n) is 1.72. The first-order valence-electron chi connectivity index (χ1n) is 2.57. The van der Waals surface area contributed by atoms with Crippen LogP contribution in [0.5, 0.6) is 0 Å². The summed E-state index contributed by atoms with van der Waals surface area (Å²) in [6, 6.07) is 0. The Morgan fingerprint density at radius 3 is 1.58 bits per heavy atom. The molecule has 0 aromatic rings. The fourth-order valence-electron chi connectivity index (χ4n) is 0.172. The van der Waals surface area contributed by atoms with Gasteiger partial charge >= 0.3 is 5.97 Å². The highest BCUT2D eigenvalue weighted by Crippen LogP contribution is 1.73. The average Bonchev–Trinajstić information content (AvgIpc) is 1.52. The van der Waals surface area contributed by atoms with Crippen molar-refractivity contribution in [1.29, 1.82) is 0 Å². The van der Waals surface area contributed by atoms with Crippen LogP contribution in [0.3, 0.4) is 0 Å². The first kappa shape index (κ1) is 13.4. The second kappa shape index (κ2) is 5.49. The molecule has 0 saturated heterocycles. The number of sulfonamides is 1. The molecule has 12 heavy (non-hydrogen) atoms. The molecule has 0 aliphatic heterocycles. The zero-order chi connectivity index (χ0) is 10.4. The Kier molecular flexibility index (Phi) is 6.15. The lowest BCUT2D eigenvalue weighted by atomic mass is 10.8. The van der Waals surface area contributed by atoms with Gasteiger partial charge in [-0.2, -0.15) is 0 Å². The minimum atomic E-state index is -3.82. The van der Waals surface area contributed by atoms with E-state index in [0.29, 0.717) is 0 Å². The zero-order valence-electron chi connectivity index (χ0n) is 6.22. The molecule has 0 fully saturated rings. The molecule has 0 heterocycles. The number of carbonyl (C=O) groups is 2. The maximum absolute atomic E-state index is 9.84. The van der Waals surface area contributed by atoms with Crippen molar-refractivity contribution in [1.82, 2.24) is 0 Å². The van der Waals surface area contributed by atoms with Crippen LogP contribution < -0.4 is 5.14 Å². The van der Waals surface area contributed by atoms with Crippen molar-refractivity contribution in [3.05, 3.63) is 0 Å². The molecule has 0 saturated carbocycles. The highest BCUT2D eigenvalue weighted by molar-refractivity contribution is 7.89. The summed E-state index contributed by atoms with van der Waals surface area (Å²) in [6.07, 6.45) is 0. The maximum atomic E-state index is 9.84. The molecule has 0 bridgehead atoms. The molecule has 0 amide bonds. The quantitative estimate of drug-likeness (QED) is 0.492. The summed E-state index contributed by atoms with van der Waals surface area (Å²) in [5, 5.41) is 19.5. The van der Waals surface area contributed by atoms with E-state index in [1.54, 1.807) is 0 Å². The molecular weight excluding hydrogens is 190 g/mol. The standard InChI is InChI=1S/C2H5NO4S.C2H4O2/c3-8(6,7)1-2(4)5;1-2(3)4/h1H2,(H,4,5)(H2,3,6,7);1H3,(H,3,4). The largest absolute Gasteiger partial charge is 0.481 e. The molecule has 4 N–H and O–H groups in total. The molecule has 0 unspecified atom stereocenters. The highest BCUT2D eigenvalue weighted by atomic mass is 32.2. The fraction of sp³-hybridized carbons (Fsp3) is 0.500. The van der Waals surface area contributed by atoms with Crippen LogP contribution in [-0.4, -0.2) is 36.3 Å². The van der Waals surface area contributed by atoms with E-state index in [4.69, 9.17) is 15.0 Å². The van der Waals surface area contributed by atoms with Gasteiger partial charge in [-0.15, -0.1) is 0 Å². The number of primary sulfonamides is 1. The summed E-state index contributed by atoms with van der Waals surface area (Å²) in [6.45, 7) is 1.08. The van der Waals surface area contributed by atoms with Crippen molar-refractivity contribution >= 4 is 22.0 Å². The summed E-state index contributed by atoms with van der Waals surface area (Å²) >= 11 is 0. The number of hydrogen-bond acceptors (Lipinski definition) is 4. The summed E-state index contributed by atoms with van der Waals surface area (Å²) < 4.78 is 19.7. The summed E-state index contributed by atoms with van der Waals surface area (Å²) in [5.74, 6) is -3.28. The third kappa shape index (κ3) is 36.8. The molecule has 0 rings (SSSR count). The van der Waals surface area contributed by atoms with E-state index in [9.17, 15) is 13.2 Å². The summed E-state index contributed by atoms with van der Waals surface area (Å²) in [7, 11) is -3.82. The topological polar surface area (TPSA) is 135 Å². The number of carboxylic acids is 2. The lowest BCUT2D eigenvalue weighted by Gasteiger charge is -1.86. The van der Waals surface area contributed by atoms with E-state index < -0.39 is 27.7 Å². The number of nitrogens with two attached hydrogens (primary N) is 1. The SMILES string of the molecule is CC(=O)O.NS(=O)(=O)CC(=O)O. The minimum absolute atomic E-state index is 0.833. The molecule has 0 aliphatic carbocycles. The van der Waals surface area contributed by atoms with E-state index in [-0.39, 0.29) is 0 Å². The predicted molar refractivity (Wildman–Crippen MR) is 38.9 cm³/mol. The maximum Gasteiger partial charge on any atom is 0.320 e. The lowest BCUT2D eigenvalue weighted by Crippen LogP contribution is -2.22. The fourth-order valence-corrected chi connectivity index (χ4v) is 0.516. The van der Waals surface area contributed by atoms with Crippen LogP contribution in [0.25, 0.3) is 0 Å². The van der Waals surface area contributed by atoms with Gasteiger partial charge in [0.25, 0.3) is 5.97 Å². The van der Waals surface area contributed by atoms with Gasteiger partial charge in [0, 0.05) is 6.92 Å². The van der Waals surface area contributed by atoms with Gasteiger partial charge in [0.2, 0.25) is 10.0 Å². The van der Waals surface area contributed by atoms with Gasteiger partial charge in [0.15, 0.2) is 5.75 Å². The third-order valence-electron chi connectivity index (χ3n) is 0.325. The Morgan fingerprint density at radius 1 is 1.33 bits per heavy atom. The highest BCUT2D eigenvalue weighted by Gasteiger charge is 2.07. The summed E-state index contributed by atoms with van der Waals surface area (Å²) in [5.41, 5.74) is 0. The van der Waals surface area contributed by atoms with E-state index in [2.05, 4.69) is 5.14 Å². The monoisotopic (exact) mass is 199 g/mol. The Balaban J connectivity index is 0. The van der Waals surface area contributed by atoms with Crippen LogP contribution in [0.1, 0.15) is 6.92 Å². The Labute approximate surface area is 68.9 Å². The van der Waals surface area contributed by atoms with Crippen LogP contribution in [-0.2, 0) is 19.6 Å².